The van der Waals surface area contributed by atoms with Gasteiger partial charge >= 0.3 is 0 Å². The van der Waals surface area contributed by atoms with Gasteiger partial charge in [-0.15, -0.1) is 0 Å². The Morgan fingerprint density at radius 2 is 1.50 bits per heavy atom. The van der Waals surface area contributed by atoms with E-state index < -0.39 is 10.0 Å². The van der Waals surface area contributed by atoms with E-state index in [-0.39, 0.29) is 36.9 Å². The van der Waals surface area contributed by atoms with Gasteiger partial charge in [-0.3, -0.25) is 4.79 Å². The molecule has 34 heavy (non-hydrogen) atoms. The predicted molar refractivity (Wildman–Crippen MR) is 130 cm³/mol. The molecule has 0 atom stereocenters. The van der Waals surface area contributed by atoms with Crippen LogP contribution >= 0.6 is 0 Å². The topological polar surface area (TPSA) is 76.2 Å². The molecule has 1 amide bonds. The Kier molecular flexibility index (Phi) is 7.49. The van der Waals surface area contributed by atoms with Gasteiger partial charge < -0.3 is 14.4 Å². The first-order valence-corrected chi connectivity index (χ1v) is 12.6. The third kappa shape index (κ3) is 5.40. The fraction of sp³-hybridized carbons (Fsp3) is 0.269. The number of sulfonamides is 1. The molecule has 0 aromatic heterocycles. The van der Waals surface area contributed by atoms with Crippen molar-refractivity contribution in [2.24, 2.45) is 0 Å². The summed E-state index contributed by atoms with van der Waals surface area (Å²) in [6, 6.07) is 24.1. The van der Waals surface area contributed by atoms with E-state index in [0.29, 0.717) is 18.8 Å². The lowest BCUT2D eigenvalue weighted by atomic mass is 10.1. The molecule has 0 radical (unpaired) electrons. The van der Waals surface area contributed by atoms with Crippen LogP contribution in [-0.2, 0) is 14.8 Å². The van der Waals surface area contributed by atoms with Gasteiger partial charge in [-0.25, -0.2) is 8.42 Å². The van der Waals surface area contributed by atoms with E-state index >= 15 is 0 Å². The molecule has 0 aliphatic carbocycles. The van der Waals surface area contributed by atoms with E-state index in [1.807, 2.05) is 54.6 Å². The molecule has 1 fully saturated rings. The summed E-state index contributed by atoms with van der Waals surface area (Å²) in [5, 5.41) is 0. The van der Waals surface area contributed by atoms with Crippen molar-refractivity contribution in [2.45, 2.75) is 11.3 Å². The molecule has 3 aromatic carbocycles. The first kappa shape index (κ1) is 23.8. The fourth-order valence-electron chi connectivity index (χ4n) is 3.93. The summed E-state index contributed by atoms with van der Waals surface area (Å²) < 4.78 is 38.3. The van der Waals surface area contributed by atoms with E-state index in [0.717, 1.165) is 16.9 Å². The molecule has 178 valence electrons. The van der Waals surface area contributed by atoms with Crippen LogP contribution in [0.4, 0.5) is 0 Å². The number of para-hydroxylation sites is 1. The number of ether oxygens (including phenoxy) is 2. The standard InChI is InChI=1S/C26H28N2O5S/c1-32-22-11-13-23(14-12-22)34(30,31)28-18-16-27(17-19-28)26(29)15-20-33-25-10-6-5-9-24(25)21-7-3-2-4-8-21/h2-14H,15-20H2,1H3. The van der Waals surface area contributed by atoms with Gasteiger partial charge in [0.1, 0.15) is 11.5 Å². The normalized spacial score (nSPS) is 14.6. The molecule has 7 nitrogen and oxygen atoms in total. The Balaban J connectivity index is 1.29. The number of benzene rings is 3. The Morgan fingerprint density at radius 3 is 2.18 bits per heavy atom. The zero-order valence-corrected chi connectivity index (χ0v) is 19.9. The highest BCUT2D eigenvalue weighted by Gasteiger charge is 2.30. The first-order chi connectivity index (χ1) is 16.5. The Morgan fingerprint density at radius 1 is 0.853 bits per heavy atom. The van der Waals surface area contributed by atoms with E-state index in [1.54, 1.807) is 17.0 Å². The number of carbonyl (C=O) groups excluding carboxylic acids is 1. The highest BCUT2D eigenvalue weighted by Crippen LogP contribution is 2.29. The van der Waals surface area contributed by atoms with E-state index in [1.165, 1.54) is 23.5 Å². The van der Waals surface area contributed by atoms with Gasteiger partial charge in [0.05, 0.1) is 25.0 Å². The number of carbonyl (C=O) groups is 1. The van der Waals surface area contributed by atoms with Crippen LogP contribution in [0.15, 0.2) is 83.8 Å². The second-order valence-electron chi connectivity index (χ2n) is 7.92. The van der Waals surface area contributed by atoms with Crippen molar-refractivity contribution >= 4 is 15.9 Å². The summed E-state index contributed by atoms with van der Waals surface area (Å²) in [6.07, 6.45) is 0.231. The lowest BCUT2D eigenvalue weighted by Gasteiger charge is -2.34. The zero-order valence-electron chi connectivity index (χ0n) is 19.1. The van der Waals surface area contributed by atoms with Gasteiger partial charge in [-0.05, 0) is 35.9 Å². The number of nitrogens with zero attached hydrogens (tertiary/aromatic N) is 2. The summed E-state index contributed by atoms with van der Waals surface area (Å²) in [5.41, 5.74) is 2.03. The highest BCUT2D eigenvalue weighted by atomic mass is 32.2. The van der Waals surface area contributed by atoms with E-state index in [4.69, 9.17) is 9.47 Å². The van der Waals surface area contributed by atoms with Crippen LogP contribution in [-0.4, -0.2) is 63.4 Å². The lowest BCUT2D eigenvalue weighted by Crippen LogP contribution is -2.50. The fourth-order valence-corrected chi connectivity index (χ4v) is 5.35. The maximum atomic E-state index is 12.9. The minimum Gasteiger partial charge on any atom is -0.497 e. The maximum Gasteiger partial charge on any atom is 0.243 e. The van der Waals surface area contributed by atoms with Crippen molar-refractivity contribution in [3.63, 3.8) is 0 Å². The van der Waals surface area contributed by atoms with Crippen molar-refractivity contribution in [2.75, 3.05) is 39.9 Å². The second kappa shape index (κ2) is 10.7. The summed E-state index contributed by atoms with van der Waals surface area (Å²) in [6.45, 7) is 1.49. The van der Waals surface area contributed by atoms with Gasteiger partial charge in [0.15, 0.2) is 0 Å². The van der Waals surface area contributed by atoms with Crippen molar-refractivity contribution < 1.29 is 22.7 Å². The third-order valence-corrected chi connectivity index (χ3v) is 7.75. The molecule has 1 aliphatic heterocycles. The third-order valence-electron chi connectivity index (χ3n) is 5.83. The van der Waals surface area contributed by atoms with Gasteiger partial charge in [0.25, 0.3) is 0 Å². The maximum absolute atomic E-state index is 12.9. The molecule has 0 N–H and O–H groups in total. The molecule has 1 heterocycles. The zero-order chi connectivity index (χ0) is 24.0. The quantitative estimate of drug-likeness (QED) is 0.492. The number of methoxy groups -OCH3 is 1. The Hall–Kier alpha value is -3.36. The molecule has 0 bridgehead atoms. The number of hydrogen-bond donors (Lipinski definition) is 0. The number of hydrogen-bond acceptors (Lipinski definition) is 5. The monoisotopic (exact) mass is 480 g/mol. The smallest absolute Gasteiger partial charge is 0.243 e. The van der Waals surface area contributed by atoms with E-state index in [9.17, 15) is 13.2 Å². The second-order valence-corrected chi connectivity index (χ2v) is 9.86. The lowest BCUT2D eigenvalue weighted by molar-refractivity contribution is -0.132. The summed E-state index contributed by atoms with van der Waals surface area (Å²) in [7, 11) is -2.07. The first-order valence-electron chi connectivity index (χ1n) is 11.2. The number of rotatable bonds is 8. The molecular weight excluding hydrogens is 452 g/mol. The molecule has 8 heteroatoms. The van der Waals surface area contributed by atoms with Crippen molar-refractivity contribution in [3.8, 4) is 22.6 Å². The minimum atomic E-state index is -3.61. The van der Waals surface area contributed by atoms with Crippen molar-refractivity contribution in [3.05, 3.63) is 78.9 Å². The average Bonchev–Trinajstić information content (AvgIpc) is 2.89. The van der Waals surface area contributed by atoms with Gasteiger partial charge in [-0.2, -0.15) is 4.31 Å². The molecule has 0 spiro atoms. The van der Waals surface area contributed by atoms with Crippen LogP contribution in [0.1, 0.15) is 6.42 Å². The van der Waals surface area contributed by atoms with Gasteiger partial charge in [0, 0.05) is 31.7 Å². The molecule has 3 aromatic rings. The highest BCUT2D eigenvalue weighted by molar-refractivity contribution is 7.89. The number of amides is 1. The van der Waals surface area contributed by atoms with Gasteiger partial charge in [0.2, 0.25) is 15.9 Å². The summed E-state index contributed by atoms with van der Waals surface area (Å²) >= 11 is 0. The van der Waals surface area contributed by atoms with Crippen LogP contribution < -0.4 is 9.47 Å². The van der Waals surface area contributed by atoms with E-state index in [2.05, 4.69) is 0 Å². The SMILES string of the molecule is COc1ccc(S(=O)(=O)N2CCN(C(=O)CCOc3ccccc3-c3ccccc3)CC2)cc1. The molecule has 1 aliphatic rings. The summed E-state index contributed by atoms with van der Waals surface area (Å²) in [4.78, 5) is 14.6. The van der Waals surface area contributed by atoms with Crippen LogP contribution in [0.2, 0.25) is 0 Å². The predicted octanol–water partition coefficient (Wildman–Crippen LogP) is 3.66. The minimum absolute atomic E-state index is 0.0429. The largest absolute Gasteiger partial charge is 0.497 e. The number of piperazine rings is 1. The van der Waals surface area contributed by atoms with Crippen molar-refractivity contribution in [1.82, 2.24) is 9.21 Å². The van der Waals surface area contributed by atoms with Crippen LogP contribution in [0.3, 0.4) is 0 Å². The molecule has 0 unspecified atom stereocenters. The summed E-state index contributed by atoms with van der Waals surface area (Å²) in [5.74, 6) is 1.29. The molecule has 1 saturated heterocycles. The molecule has 0 saturated carbocycles. The molecule has 4 rings (SSSR count). The molecular formula is C26H28N2O5S. The van der Waals surface area contributed by atoms with Crippen molar-refractivity contribution in [1.29, 1.82) is 0 Å². The van der Waals surface area contributed by atoms with Crippen LogP contribution in [0, 0.1) is 0 Å². The Bertz CT molecular complexity index is 1210. The van der Waals surface area contributed by atoms with Gasteiger partial charge in [-0.1, -0.05) is 48.5 Å². The van der Waals surface area contributed by atoms with Crippen LogP contribution in [0.5, 0.6) is 11.5 Å². The van der Waals surface area contributed by atoms with Crippen LogP contribution in [0.25, 0.3) is 11.1 Å². The Labute approximate surface area is 200 Å². The average molecular weight is 481 g/mol.